The normalized spacial score (nSPS) is 18.7. The lowest BCUT2D eigenvalue weighted by atomic mass is 9.82. The third-order valence-corrected chi connectivity index (χ3v) is 3.30. The third-order valence-electron chi connectivity index (χ3n) is 2.95. The minimum Gasteiger partial charge on any atom is -0.496 e. The molecule has 4 nitrogen and oxygen atoms in total. The first-order valence-electron chi connectivity index (χ1n) is 5.16. The molecule has 0 bridgehead atoms. The first kappa shape index (κ1) is 11.9. The van der Waals surface area contributed by atoms with Crippen LogP contribution in [0.2, 0.25) is 5.02 Å². The number of hydrogen-bond acceptors (Lipinski definition) is 3. The number of carboxylic acids is 1. The van der Waals surface area contributed by atoms with Crippen LogP contribution in [-0.4, -0.2) is 24.0 Å². The van der Waals surface area contributed by atoms with E-state index in [1.54, 1.807) is 12.1 Å². The average Bonchev–Trinajstić information content (AvgIpc) is 2.30. The first-order valence-corrected chi connectivity index (χ1v) is 5.53. The van der Waals surface area contributed by atoms with Crippen LogP contribution >= 0.6 is 11.6 Å². The highest BCUT2D eigenvalue weighted by atomic mass is 35.5. The Balaban J connectivity index is 2.54. The van der Waals surface area contributed by atoms with Crippen LogP contribution in [0, 0.1) is 5.92 Å². The fraction of sp³-hybridized carbons (Fsp3) is 0.333. The lowest BCUT2D eigenvalue weighted by Gasteiger charge is -2.23. The summed E-state index contributed by atoms with van der Waals surface area (Å²) >= 11 is 6.01. The number of ketones is 1. The third kappa shape index (κ3) is 2.00. The lowest BCUT2D eigenvalue weighted by molar-refractivity contribution is -0.141. The number of carbonyl (C=O) groups is 2. The molecule has 2 rings (SSSR count). The number of benzene rings is 1. The Morgan fingerprint density at radius 2 is 2.18 bits per heavy atom. The fourth-order valence-electron chi connectivity index (χ4n) is 2.10. The summed E-state index contributed by atoms with van der Waals surface area (Å²) in [6, 6.07) is 3.25. The quantitative estimate of drug-likeness (QED) is 0.879. The number of hydrogen-bond donors (Lipinski definition) is 1. The molecule has 0 saturated heterocycles. The van der Waals surface area contributed by atoms with E-state index in [9.17, 15) is 9.59 Å². The van der Waals surface area contributed by atoms with Crippen LogP contribution in [0.25, 0.3) is 0 Å². The van der Waals surface area contributed by atoms with Gasteiger partial charge in [0.15, 0.2) is 5.78 Å². The number of methoxy groups -OCH3 is 1. The van der Waals surface area contributed by atoms with Crippen molar-refractivity contribution in [3.05, 3.63) is 28.3 Å². The maximum atomic E-state index is 11.9. The highest BCUT2D eigenvalue weighted by Crippen LogP contribution is 2.36. The molecule has 90 valence electrons. The van der Waals surface area contributed by atoms with E-state index in [0.717, 1.165) is 0 Å². The molecule has 0 radical (unpaired) electrons. The molecule has 1 aromatic carbocycles. The van der Waals surface area contributed by atoms with Crippen LogP contribution in [0.15, 0.2) is 12.1 Å². The zero-order valence-corrected chi connectivity index (χ0v) is 9.95. The Labute approximate surface area is 103 Å². The van der Waals surface area contributed by atoms with Gasteiger partial charge in [-0.05, 0) is 24.1 Å². The van der Waals surface area contributed by atoms with Gasteiger partial charge >= 0.3 is 5.97 Å². The van der Waals surface area contributed by atoms with Gasteiger partial charge in [0.05, 0.1) is 18.6 Å². The highest BCUT2D eigenvalue weighted by Gasteiger charge is 2.33. The number of aliphatic carboxylic acids is 1. The van der Waals surface area contributed by atoms with E-state index in [1.807, 2.05) is 0 Å². The molecule has 0 heterocycles. The number of carboxylic acid groups (broad SMARTS) is 1. The second-order valence-electron chi connectivity index (χ2n) is 3.97. The molecule has 1 aliphatic rings. The van der Waals surface area contributed by atoms with E-state index in [2.05, 4.69) is 0 Å². The van der Waals surface area contributed by atoms with Gasteiger partial charge in [-0.1, -0.05) is 11.6 Å². The molecule has 5 heteroatoms. The van der Waals surface area contributed by atoms with Gasteiger partial charge in [-0.2, -0.15) is 0 Å². The molecule has 1 atom stereocenters. The van der Waals surface area contributed by atoms with Gasteiger partial charge in [0.2, 0.25) is 0 Å². The Morgan fingerprint density at radius 3 is 2.76 bits per heavy atom. The van der Waals surface area contributed by atoms with E-state index in [-0.39, 0.29) is 18.6 Å². The predicted molar refractivity (Wildman–Crippen MR) is 61.8 cm³/mol. The van der Waals surface area contributed by atoms with Gasteiger partial charge in [-0.3, -0.25) is 9.59 Å². The van der Waals surface area contributed by atoms with Crippen LogP contribution in [0.1, 0.15) is 22.3 Å². The monoisotopic (exact) mass is 254 g/mol. The molecule has 0 saturated carbocycles. The van der Waals surface area contributed by atoms with Crippen LogP contribution in [0.4, 0.5) is 0 Å². The SMILES string of the molecule is COc1ccc(Cl)c2c1C(=O)C[C@H](C(=O)O)C2. The standard InChI is InChI=1S/C12H11ClO4/c1-17-10-3-2-8(13)7-4-6(12(15)16)5-9(14)11(7)10/h2-3,6H,4-5H2,1H3,(H,15,16)/t6-/m1/s1. The average molecular weight is 255 g/mol. The predicted octanol–water partition coefficient (Wildman–Crippen LogP) is 2.18. The van der Waals surface area contributed by atoms with Crippen LogP contribution in [-0.2, 0) is 11.2 Å². The van der Waals surface area contributed by atoms with Crippen molar-refractivity contribution in [3.8, 4) is 5.75 Å². The van der Waals surface area contributed by atoms with Crippen molar-refractivity contribution >= 4 is 23.4 Å². The van der Waals surface area contributed by atoms with Crippen molar-refractivity contribution in [3.63, 3.8) is 0 Å². The van der Waals surface area contributed by atoms with E-state index in [0.29, 0.717) is 21.9 Å². The minimum absolute atomic E-state index is 0.000957. The lowest BCUT2D eigenvalue weighted by Crippen LogP contribution is -2.27. The molecule has 0 aromatic heterocycles. The van der Waals surface area contributed by atoms with Gasteiger partial charge in [-0.15, -0.1) is 0 Å². The van der Waals surface area contributed by atoms with Gasteiger partial charge in [-0.25, -0.2) is 0 Å². The summed E-state index contributed by atoms with van der Waals surface area (Å²) < 4.78 is 5.11. The molecule has 0 fully saturated rings. The second-order valence-corrected chi connectivity index (χ2v) is 4.38. The number of carbonyl (C=O) groups excluding carboxylic acids is 1. The fourth-order valence-corrected chi connectivity index (χ4v) is 2.33. The van der Waals surface area contributed by atoms with E-state index < -0.39 is 11.9 Å². The Bertz CT molecular complexity index is 496. The second kappa shape index (κ2) is 4.37. The molecule has 0 aliphatic heterocycles. The summed E-state index contributed by atoms with van der Waals surface area (Å²) in [6.45, 7) is 0. The summed E-state index contributed by atoms with van der Waals surface area (Å²) in [6.07, 6.45) is 0.269. The molecular formula is C12H11ClO4. The van der Waals surface area contributed by atoms with E-state index >= 15 is 0 Å². The summed E-state index contributed by atoms with van der Waals surface area (Å²) in [4.78, 5) is 22.9. The molecule has 1 aromatic rings. The van der Waals surface area contributed by atoms with Gasteiger partial charge in [0.1, 0.15) is 5.75 Å². The summed E-state index contributed by atoms with van der Waals surface area (Å²) in [7, 11) is 1.47. The molecule has 17 heavy (non-hydrogen) atoms. The summed E-state index contributed by atoms with van der Waals surface area (Å²) in [5.41, 5.74) is 1.01. The number of ether oxygens (including phenoxy) is 1. The smallest absolute Gasteiger partial charge is 0.307 e. The van der Waals surface area contributed by atoms with Gasteiger partial charge in [0.25, 0.3) is 0 Å². The van der Waals surface area contributed by atoms with Crippen molar-refractivity contribution in [2.24, 2.45) is 5.92 Å². The van der Waals surface area contributed by atoms with E-state index in [4.69, 9.17) is 21.4 Å². The maximum Gasteiger partial charge on any atom is 0.307 e. The van der Waals surface area contributed by atoms with Crippen LogP contribution in [0.3, 0.4) is 0 Å². The van der Waals surface area contributed by atoms with Gasteiger partial charge < -0.3 is 9.84 Å². The largest absolute Gasteiger partial charge is 0.496 e. The first-order chi connectivity index (χ1) is 8.04. The zero-order chi connectivity index (χ0) is 12.6. The van der Waals surface area contributed by atoms with Gasteiger partial charge in [0, 0.05) is 11.4 Å². The topological polar surface area (TPSA) is 63.6 Å². The zero-order valence-electron chi connectivity index (χ0n) is 9.20. The van der Waals surface area contributed by atoms with Crippen LogP contribution in [0.5, 0.6) is 5.75 Å². The van der Waals surface area contributed by atoms with Crippen LogP contribution < -0.4 is 4.74 Å². The summed E-state index contributed by atoms with van der Waals surface area (Å²) in [5.74, 6) is -1.43. The highest BCUT2D eigenvalue weighted by molar-refractivity contribution is 6.32. The minimum atomic E-state index is -0.970. The Morgan fingerprint density at radius 1 is 1.47 bits per heavy atom. The van der Waals surface area contributed by atoms with Crippen molar-refractivity contribution < 1.29 is 19.4 Å². The number of Topliss-reactive ketones (excluding diaryl/α,β-unsaturated/α-hetero) is 1. The summed E-state index contributed by atoms with van der Waals surface area (Å²) in [5, 5.41) is 9.39. The van der Waals surface area contributed by atoms with Crippen molar-refractivity contribution in [1.29, 1.82) is 0 Å². The molecule has 0 amide bonds. The molecular weight excluding hydrogens is 244 g/mol. The Hall–Kier alpha value is -1.55. The molecule has 1 aliphatic carbocycles. The number of fused-ring (bicyclic) bond motifs is 1. The number of halogens is 1. The molecule has 1 N–H and O–H groups in total. The maximum absolute atomic E-state index is 11.9. The van der Waals surface area contributed by atoms with Crippen molar-refractivity contribution in [2.75, 3.05) is 7.11 Å². The molecule has 0 unspecified atom stereocenters. The van der Waals surface area contributed by atoms with Crippen molar-refractivity contribution in [2.45, 2.75) is 12.8 Å². The van der Waals surface area contributed by atoms with Crippen molar-refractivity contribution in [1.82, 2.24) is 0 Å². The van der Waals surface area contributed by atoms with E-state index in [1.165, 1.54) is 7.11 Å². The Kier molecular flexibility index (Phi) is 3.07. The number of rotatable bonds is 2. The molecule has 0 spiro atoms.